The molecule has 0 aliphatic heterocycles. The lowest BCUT2D eigenvalue weighted by Gasteiger charge is -2.04. The Morgan fingerprint density at radius 3 is 3.07 bits per heavy atom. The van der Waals surface area contributed by atoms with Crippen molar-refractivity contribution in [2.24, 2.45) is 5.73 Å². The van der Waals surface area contributed by atoms with E-state index in [4.69, 9.17) is 10.5 Å². The van der Waals surface area contributed by atoms with Gasteiger partial charge in [-0.3, -0.25) is 4.79 Å². The Labute approximate surface area is 85.7 Å². The molecule has 7 heteroatoms. The van der Waals surface area contributed by atoms with E-state index in [2.05, 4.69) is 15.3 Å². The average molecular weight is 214 g/mol. The Morgan fingerprint density at radius 2 is 2.40 bits per heavy atom. The zero-order chi connectivity index (χ0) is 11.1. The van der Waals surface area contributed by atoms with Crippen molar-refractivity contribution < 1.29 is 13.9 Å². The van der Waals surface area contributed by atoms with Gasteiger partial charge in [0.1, 0.15) is 18.8 Å². The van der Waals surface area contributed by atoms with Gasteiger partial charge >= 0.3 is 0 Å². The number of ether oxygens (including phenoxy) is 1. The van der Waals surface area contributed by atoms with Crippen LogP contribution in [0.4, 0.5) is 10.2 Å². The number of aromatic nitrogens is 2. The fourth-order valence-corrected chi connectivity index (χ4v) is 0.854. The van der Waals surface area contributed by atoms with Gasteiger partial charge in [0.25, 0.3) is 0 Å². The molecular weight excluding hydrogens is 203 g/mol. The second kappa shape index (κ2) is 5.86. The quantitative estimate of drug-likeness (QED) is 0.493. The Bertz CT molecular complexity index is 334. The van der Waals surface area contributed by atoms with Crippen molar-refractivity contribution in [3.63, 3.8) is 0 Å². The van der Waals surface area contributed by atoms with Gasteiger partial charge in [0.15, 0.2) is 0 Å². The molecule has 0 bridgehead atoms. The van der Waals surface area contributed by atoms with Gasteiger partial charge in [-0.25, -0.2) is 9.97 Å². The van der Waals surface area contributed by atoms with Crippen LogP contribution in [0, 0.1) is 5.95 Å². The van der Waals surface area contributed by atoms with Crippen molar-refractivity contribution >= 4 is 11.7 Å². The van der Waals surface area contributed by atoms with Gasteiger partial charge in [0, 0.05) is 12.6 Å². The summed E-state index contributed by atoms with van der Waals surface area (Å²) < 4.78 is 17.4. The summed E-state index contributed by atoms with van der Waals surface area (Å²) >= 11 is 0. The van der Waals surface area contributed by atoms with E-state index in [1.165, 1.54) is 0 Å². The minimum atomic E-state index is -0.606. The van der Waals surface area contributed by atoms with Crippen LogP contribution in [0.25, 0.3) is 0 Å². The van der Waals surface area contributed by atoms with Gasteiger partial charge in [-0.15, -0.1) is 0 Å². The van der Waals surface area contributed by atoms with E-state index in [-0.39, 0.29) is 13.2 Å². The van der Waals surface area contributed by atoms with Gasteiger partial charge in [0.05, 0.1) is 6.61 Å². The molecule has 0 atom stereocenters. The molecule has 0 aliphatic carbocycles. The van der Waals surface area contributed by atoms with Crippen molar-refractivity contribution in [1.82, 2.24) is 9.97 Å². The Kier molecular flexibility index (Phi) is 4.42. The van der Waals surface area contributed by atoms with Crippen LogP contribution >= 0.6 is 0 Å². The summed E-state index contributed by atoms with van der Waals surface area (Å²) in [7, 11) is 0. The maximum atomic E-state index is 12.6. The standard InChI is InChI=1S/C8H11FN4O2/c9-6-3-8(13-5-12-6)11-1-2-15-4-7(10)14/h3,5H,1-2,4H2,(H2,10,14)(H,11,12,13). The number of halogens is 1. The van der Waals surface area contributed by atoms with Crippen LogP contribution in [0.3, 0.4) is 0 Å². The average Bonchev–Trinajstić information content (AvgIpc) is 2.17. The Hall–Kier alpha value is -1.76. The number of nitrogens with one attached hydrogen (secondary N) is 1. The number of hydrogen-bond acceptors (Lipinski definition) is 5. The molecule has 0 saturated carbocycles. The molecule has 82 valence electrons. The molecule has 1 aromatic heterocycles. The molecule has 15 heavy (non-hydrogen) atoms. The smallest absolute Gasteiger partial charge is 0.243 e. The second-order valence-electron chi connectivity index (χ2n) is 2.67. The lowest BCUT2D eigenvalue weighted by molar-refractivity contribution is -0.122. The van der Waals surface area contributed by atoms with E-state index >= 15 is 0 Å². The van der Waals surface area contributed by atoms with E-state index in [9.17, 15) is 9.18 Å². The van der Waals surface area contributed by atoms with Gasteiger partial charge in [0.2, 0.25) is 11.9 Å². The Balaban J connectivity index is 2.17. The van der Waals surface area contributed by atoms with Crippen molar-refractivity contribution in [1.29, 1.82) is 0 Å². The fourth-order valence-electron chi connectivity index (χ4n) is 0.854. The molecule has 1 heterocycles. The van der Waals surface area contributed by atoms with Crippen molar-refractivity contribution in [2.45, 2.75) is 0 Å². The summed E-state index contributed by atoms with van der Waals surface area (Å²) in [4.78, 5) is 17.3. The van der Waals surface area contributed by atoms with E-state index in [0.717, 1.165) is 12.4 Å². The predicted octanol–water partition coefficient (Wildman–Crippen LogP) is -0.471. The highest BCUT2D eigenvalue weighted by atomic mass is 19.1. The van der Waals surface area contributed by atoms with Crippen molar-refractivity contribution in [2.75, 3.05) is 25.1 Å². The normalized spacial score (nSPS) is 9.93. The van der Waals surface area contributed by atoms with Gasteiger partial charge < -0.3 is 15.8 Å². The maximum Gasteiger partial charge on any atom is 0.243 e. The van der Waals surface area contributed by atoms with Crippen molar-refractivity contribution in [3.8, 4) is 0 Å². The molecule has 0 aromatic carbocycles. The summed E-state index contributed by atoms with van der Waals surface area (Å²) in [6, 6.07) is 1.16. The topological polar surface area (TPSA) is 90.1 Å². The molecule has 6 nitrogen and oxygen atoms in total. The van der Waals surface area contributed by atoms with Gasteiger partial charge in [-0.05, 0) is 0 Å². The first-order valence-corrected chi connectivity index (χ1v) is 4.26. The summed E-state index contributed by atoms with van der Waals surface area (Å²) in [5, 5.41) is 2.79. The number of amides is 1. The lowest BCUT2D eigenvalue weighted by atomic mass is 10.5. The summed E-state index contributed by atoms with van der Waals surface area (Å²) in [6.07, 6.45) is 1.11. The molecule has 0 unspecified atom stereocenters. The molecule has 0 radical (unpaired) electrons. The van der Waals surface area contributed by atoms with Gasteiger partial charge in [-0.2, -0.15) is 4.39 Å². The number of nitrogens with zero attached hydrogens (tertiary/aromatic N) is 2. The third-order valence-electron chi connectivity index (χ3n) is 1.43. The molecule has 0 spiro atoms. The van der Waals surface area contributed by atoms with E-state index < -0.39 is 11.9 Å². The van der Waals surface area contributed by atoms with Crippen molar-refractivity contribution in [3.05, 3.63) is 18.3 Å². The highest BCUT2D eigenvalue weighted by Gasteiger charge is 1.97. The second-order valence-corrected chi connectivity index (χ2v) is 2.67. The number of nitrogens with two attached hydrogens (primary N) is 1. The van der Waals surface area contributed by atoms with Crippen LogP contribution in [0.1, 0.15) is 0 Å². The predicted molar refractivity (Wildman–Crippen MR) is 50.5 cm³/mol. The molecular formula is C8H11FN4O2. The molecule has 0 aliphatic rings. The molecule has 0 fully saturated rings. The zero-order valence-corrected chi connectivity index (χ0v) is 7.94. The van der Waals surface area contributed by atoms with E-state index in [1.807, 2.05) is 0 Å². The van der Waals surface area contributed by atoms with Crippen LogP contribution < -0.4 is 11.1 Å². The number of carbonyl (C=O) groups excluding carboxylic acids is 1. The van der Waals surface area contributed by atoms with Crippen LogP contribution in [-0.2, 0) is 9.53 Å². The number of anilines is 1. The first-order valence-electron chi connectivity index (χ1n) is 4.26. The van der Waals surface area contributed by atoms with Crippen LogP contribution in [0.2, 0.25) is 0 Å². The largest absolute Gasteiger partial charge is 0.370 e. The van der Waals surface area contributed by atoms with Crippen LogP contribution in [-0.4, -0.2) is 35.6 Å². The molecule has 1 rings (SSSR count). The van der Waals surface area contributed by atoms with Gasteiger partial charge in [-0.1, -0.05) is 0 Å². The Morgan fingerprint density at radius 1 is 1.60 bits per heavy atom. The highest BCUT2D eigenvalue weighted by molar-refractivity contribution is 5.74. The zero-order valence-electron chi connectivity index (χ0n) is 7.94. The number of hydrogen-bond donors (Lipinski definition) is 2. The molecule has 1 amide bonds. The first-order chi connectivity index (χ1) is 7.18. The van der Waals surface area contributed by atoms with E-state index in [1.54, 1.807) is 0 Å². The number of carbonyl (C=O) groups is 1. The summed E-state index contributed by atoms with van der Waals surface area (Å²) in [5.41, 5.74) is 4.85. The fraction of sp³-hybridized carbons (Fsp3) is 0.375. The maximum absolute atomic E-state index is 12.6. The third-order valence-corrected chi connectivity index (χ3v) is 1.43. The summed E-state index contributed by atoms with van der Waals surface area (Å²) in [6.45, 7) is 0.568. The number of primary amides is 1. The number of rotatable bonds is 6. The first kappa shape index (κ1) is 11.3. The lowest BCUT2D eigenvalue weighted by Crippen LogP contribution is -2.20. The minimum Gasteiger partial charge on any atom is -0.370 e. The summed E-state index contributed by atoms with van der Waals surface area (Å²) in [5.74, 6) is -0.765. The van der Waals surface area contributed by atoms with Crippen LogP contribution in [0.15, 0.2) is 12.4 Å². The molecule has 3 N–H and O–H groups in total. The third kappa shape index (κ3) is 4.87. The van der Waals surface area contributed by atoms with Crippen LogP contribution in [0.5, 0.6) is 0 Å². The molecule has 1 aromatic rings. The monoisotopic (exact) mass is 214 g/mol. The highest BCUT2D eigenvalue weighted by Crippen LogP contribution is 2.00. The van der Waals surface area contributed by atoms with E-state index in [0.29, 0.717) is 12.4 Å². The minimum absolute atomic E-state index is 0.125. The molecule has 0 saturated heterocycles. The SMILES string of the molecule is NC(=O)COCCNc1cc(F)ncn1.